The lowest BCUT2D eigenvalue weighted by Crippen LogP contribution is -2.14. The van der Waals surface area contributed by atoms with E-state index < -0.39 is 0 Å². The summed E-state index contributed by atoms with van der Waals surface area (Å²) >= 11 is 3.52. The topological polar surface area (TPSA) is 26.3 Å². The van der Waals surface area contributed by atoms with E-state index in [1.54, 1.807) is 7.11 Å². The molecule has 21 heavy (non-hydrogen) atoms. The van der Waals surface area contributed by atoms with Gasteiger partial charge in [0.1, 0.15) is 5.75 Å². The zero-order chi connectivity index (χ0) is 14.8. The molecule has 0 unspecified atom stereocenters. The van der Waals surface area contributed by atoms with Crippen LogP contribution in [0.3, 0.4) is 0 Å². The summed E-state index contributed by atoms with van der Waals surface area (Å²) in [5.41, 5.74) is 3.75. The molecule has 0 spiro atoms. The molecule has 0 aliphatic heterocycles. The molecule has 3 rings (SSSR count). The van der Waals surface area contributed by atoms with Gasteiger partial charge < -0.3 is 4.74 Å². The van der Waals surface area contributed by atoms with Crippen LogP contribution in [0.15, 0.2) is 52.5 Å². The number of fused-ring (bicyclic) bond motifs is 1. The molecule has 0 amide bonds. The fraction of sp³-hybridized carbons (Fsp3) is 0.167. The van der Waals surface area contributed by atoms with Crippen LogP contribution in [0.25, 0.3) is 6.08 Å². The average Bonchev–Trinajstić information content (AvgIpc) is 2.52. The maximum Gasteiger partial charge on any atom is 0.189 e. The van der Waals surface area contributed by atoms with E-state index in [4.69, 9.17) is 4.74 Å². The van der Waals surface area contributed by atoms with E-state index >= 15 is 0 Å². The van der Waals surface area contributed by atoms with Gasteiger partial charge in [-0.15, -0.1) is 0 Å². The predicted molar refractivity (Wildman–Crippen MR) is 87.8 cm³/mol. The van der Waals surface area contributed by atoms with Gasteiger partial charge in [0.2, 0.25) is 0 Å². The van der Waals surface area contributed by atoms with Crippen LogP contribution in [0.5, 0.6) is 5.75 Å². The SMILES string of the molecule is COc1ccc2c(c1)C(=O)/C(=C/c1ccccc1Br)CC2. The fourth-order valence-electron chi connectivity index (χ4n) is 2.59. The highest BCUT2D eigenvalue weighted by Crippen LogP contribution is 2.30. The van der Waals surface area contributed by atoms with E-state index in [2.05, 4.69) is 15.9 Å². The molecule has 0 saturated heterocycles. The zero-order valence-electron chi connectivity index (χ0n) is 11.7. The smallest absolute Gasteiger partial charge is 0.189 e. The van der Waals surface area contributed by atoms with Crippen LogP contribution >= 0.6 is 15.9 Å². The second-order valence-electron chi connectivity index (χ2n) is 5.04. The number of halogens is 1. The van der Waals surface area contributed by atoms with Crippen LogP contribution in [0.2, 0.25) is 0 Å². The van der Waals surface area contributed by atoms with E-state index in [0.717, 1.165) is 45.3 Å². The molecule has 0 atom stereocenters. The second kappa shape index (κ2) is 5.86. The average molecular weight is 343 g/mol. The molecule has 2 nitrogen and oxygen atoms in total. The van der Waals surface area contributed by atoms with Gasteiger partial charge in [-0.2, -0.15) is 0 Å². The molecule has 106 valence electrons. The van der Waals surface area contributed by atoms with E-state index in [1.165, 1.54) is 0 Å². The summed E-state index contributed by atoms with van der Waals surface area (Å²) in [7, 11) is 1.62. The van der Waals surface area contributed by atoms with Crippen molar-refractivity contribution in [2.75, 3.05) is 7.11 Å². The highest BCUT2D eigenvalue weighted by Gasteiger charge is 2.22. The summed E-state index contributed by atoms with van der Waals surface area (Å²) in [6.07, 6.45) is 3.65. The van der Waals surface area contributed by atoms with Crippen molar-refractivity contribution < 1.29 is 9.53 Å². The zero-order valence-corrected chi connectivity index (χ0v) is 13.3. The largest absolute Gasteiger partial charge is 0.497 e. The molecule has 0 fully saturated rings. The monoisotopic (exact) mass is 342 g/mol. The number of carbonyl (C=O) groups is 1. The Morgan fingerprint density at radius 2 is 1.95 bits per heavy atom. The molecular formula is C18H15BrO2. The lowest BCUT2D eigenvalue weighted by molar-refractivity contribution is 0.102. The van der Waals surface area contributed by atoms with Crippen molar-refractivity contribution in [3.8, 4) is 5.75 Å². The third-order valence-electron chi connectivity index (χ3n) is 3.75. The lowest BCUT2D eigenvalue weighted by atomic mass is 9.86. The Hall–Kier alpha value is -1.87. The van der Waals surface area contributed by atoms with Gasteiger partial charge in [0.25, 0.3) is 0 Å². The Bertz CT molecular complexity index is 732. The Balaban J connectivity index is 2.00. The summed E-state index contributed by atoms with van der Waals surface area (Å²) in [5.74, 6) is 0.829. The summed E-state index contributed by atoms with van der Waals surface area (Å²) in [5, 5.41) is 0. The standard InChI is InChI=1S/C18H15BrO2/c1-21-15-9-8-12-6-7-14(18(20)16(12)11-15)10-13-4-2-3-5-17(13)19/h2-5,8-11H,6-7H2,1H3/b14-10+. The van der Waals surface area contributed by atoms with Crippen LogP contribution < -0.4 is 4.74 Å². The Morgan fingerprint density at radius 1 is 1.14 bits per heavy atom. The molecule has 1 aliphatic rings. The van der Waals surface area contributed by atoms with Crippen LogP contribution in [-0.2, 0) is 6.42 Å². The minimum absolute atomic E-state index is 0.103. The number of hydrogen-bond donors (Lipinski definition) is 0. The Morgan fingerprint density at radius 3 is 2.71 bits per heavy atom. The van der Waals surface area contributed by atoms with Crippen molar-refractivity contribution in [1.82, 2.24) is 0 Å². The van der Waals surface area contributed by atoms with E-state index in [0.29, 0.717) is 0 Å². The highest BCUT2D eigenvalue weighted by atomic mass is 79.9. The number of rotatable bonds is 2. The van der Waals surface area contributed by atoms with Gasteiger partial charge in [-0.1, -0.05) is 40.2 Å². The first-order valence-corrected chi connectivity index (χ1v) is 7.65. The molecule has 1 aliphatic carbocycles. The van der Waals surface area contributed by atoms with Crippen LogP contribution in [0.1, 0.15) is 27.9 Å². The number of allylic oxidation sites excluding steroid dienone is 1. The molecule has 0 heterocycles. The molecule has 0 aromatic heterocycles. The first-order valence-electron chi connectivity index (χ1n) is 6.86. The normalized spacial score (nSPS) is 15.9. The third-order valence-corrected chi connectivity index (χ3v) is 4.47. The van der Waals surface area contributed by atoms with E-state index in [-0.39, 0.29) is 5.78 Å². The van der Waals surface area contributed by atoms with Gasteiger partial charge in [-0.05, 0) is 48.2 Å². The summed E-state index contributed by atoms with van der Waals surface area (Å²) in [6, 6.07) is 13.7. The number of ether oxygens (including phenoxy) is 1. The maximum absolute atomic E-state index is 12.7. The summed E-state index contributed by atoms with van der Waals surface area (Å²) in [4.78, 5) is 12.7. The minimum Gasteiger partial charge on any atom is -0.497 e. The van der Waals surface area contributed by atoms with Gasteiger partial charge in [-0.3, -0.25) is 4.79 Å². The van der Waals surface area contributed by atoms with Gasteiger partial charge in [-0.25, -0.2) is 0 Å². The number of carbonyl (C=O) groups excluding carboxylic acids is 1. The quantitative estimate of drug-likeness (QED) is 0.741. The molecule has 0 bridgehead atoms. The van der Waals surface area contributed by atoms with Crippen molar-refractivity contribution in [1.29, 1.82) is 0 Å². The summed E-state index contributed by atoms with van der Waals surface area (Å²) in [6.45, 7) is 0. The van der Waals surface area contributed by atoms with Crippen molar-refractivity contribution in [2.45, 2.75) is 12.8 Å². The molecule has 3 heteroatoms. The number of hydrogen-bond acceptors (Lipinski definition) is 2. The van der Waals surface area contributed by atoms with E-state index in [1.807, 2.05) is 48.5 Å². The first kappa shape index (κ1) is 14.1. The lowest BCUT2D eigenvalue weighted by Gasteiger charge is -2.18. The summed E-state index contributed by atoms with van der Waals surface area (Å²) < 4.78 is 6.22. The van der Waals surface area contributed by atoms with Crippen LogP contribution in [0.4, 0.5) is 0 Å². The number of aryl methyl sites for hydroxylation is 1. The second-order valence-corrected chi connectivity index (χ2v) is 5.90. The molecule has 0 radical (unpaired) electrons. The van der Waals surface area contributed by atoms with Gasteiger partial charge in [0, 0.05) is 15.6 Å². The first-order chi connectivity index (χ1) is 10.2. The van der Waals surface area contributed by atoms with Crippen molar-refractivity contribution >= 4 is 27.8 Å². The third kappa shape index (κ3) is 2.79. The van der Waals surface area contributed by atoms with Crippen molar-refractivity contribution in [3.63, 3.8) is 0 Å². The van der Waals surface area contributed by atoms with Gasteiger partial charge in [0.15, 0.2) is 5.78 Å². The predicted octanol–water partition coefficient (Wildman–Crippen LogP) is 4.67. The number of benzene rings is 2. The minimum atomic E-state index is 0.103. The van der Waals surface area contributed by atoms with Crippen LogP contribution in [-0.4, -0.2) is 12.9 Å². The molecule has 2 aromatic carbocycles. The van der Waals surface area contributed by atoms with Gasteiger partial charge in [0.05, 0.1) is 7.11 Å². The number of ketones is 1. The molecule has 2 aromatic rings. The maximum atomic E-state index is 12.7. The molecule has 0 saturated carbocycles. The fourth-order valence-corrected chi connectivity index (χ4v) is 2.98. The Labute approximate surface area is 132 Å². The molecular weight excluding hydrogens is 328 g/mol. The van der Waals surface area contributed by atoms with Crippen LogP contribution in [0, 0.1) is 0 Å². The number of Topliss-reactive ketones (excluding diaryl/α,β-unsaturated/α-hetero) is 1. The van der Waals surface area contributed by atoms with Crippen molar-refractivity contribution in [3.05, 3.63) is 69.2 Å². The van der Waals surface area contributed by atoms with E-state index in [9.17, 15) is 4.79 Å². The Kier molecular flexibility index (Phi) is 3.93. The highest BCUT2D eigenvalue weighted by molar-refractivity contribution is 9.10. The van der Waals surface area contributed by atoms with Crippen molar-refractivity contribution in [2.24, 2.45) is 0 Å². The number of methoxy groups -OCH3 is 1. The van der Waals surface area contributed by atoms with Gasteiger partial charge >= 0.3 is 0 Å². The molecule has 0 N–H and O–H groups in total.